The van der Waals surface area contributed by atoms with E-state index in [0.29, 0.717) is 11.4 Å². The van der Waals surface area contributed by atoms with Crippen molar-refractivity contribution in [2.75, 3.05) is 5.73 Å². The van der Waals surface area contributed by atoms with Gasteiger partial charge in [-0.05, 0) is 48.7 Å². The van der Waals surface area contributed by atoms with Gasteiger partial charge in [-0.15, -0.1) is 0 Å². The quantitative estimate of drug-likeness (QED) is 0.795. The number of hydrogen-bond donors (Lipinski definition) is 1. The van der Waals surface area contributed by atoms with E-state index in [0.717, 1.165) is 16.7 Å². The standard InChI is InChI=1S/C13H13FN2/c1-8-5-10(3-4-12(8)14)11-6-9(2)13(15)16-7-11/h3-7H,1-2H3,(H2,15,16). The van der Waals surface area contributed by atoms with Gasteiger partial charge in [-0.2, -0.15) is 0 Å². The molecule has 1 aromatic heterocycles. The van der Waals surface area contributed by atoms with Gasteiger partial charge in [-0.3, -0.25) is 0 Å². The molecule has 0 aliphatic heterocycles. The Morgan fingerprint density at radius 2 is 1.75 bits per heavy atom. The molecule has 1 aromatic carbocycles. The molecule has 16 heavy (non-hydrogen) atoms. The molecular formula is C13H13FN2. The zero-order valence-electron chi connectivity index (χ0n) is 9.29. The molecule has 0 unspecified atom stereocenters. The van der Waals surface area contributed by atoms with Gasteiger partial charge in [0.1, 0.15) is 11.6 Å². The SMILES string of the molecule is Cc1cc(-c2cnc(N)c(C)c2)ccc1F. The predicted octanol–water partition coefficient (Wildman–Crippen LogP) is 3.09. The van der Waals surface area contributed by atoms with E-state index in [4.69, 9.17) is 5.73 Å². The maximum absolute atomic E-state index is 13.1. The number of anilines is 1. The molecule has 2 rings (SSSR count). The third-order valence-electron chi connectivity index (χ3n) is 2.61. The molecule has 2 nitrogen and oxygen atoms in total. The number of hydrogen-bond acceptors (Lipinski definition) is 2. The second kappa shape index (κ2) is 3.93. The summed E-state index contributed by atoms with van der Waals surface area (Å²) in [5, 5.41) is 0. The van der Waals surface area contributed by atoms with Crippen molar-refractivity contribution in [3.05, 3.63) is 47.4 Å². The van der Waals surface area contributed by atoms with Crippen molar-refractivity contribution in [3.8, 4) is 11.1 Å². The van der Waals surface area contributed by atoms with Crippen LogP contribution < -0.4 is 5.73 Å². The fourth-order valence-corrected chi connectivity index (χ4v) is 1.57. The molecule has 2 aromatic rings. The van der Waals surface area contributed by atoms with E-state index < -0.39 is 0 Å². The van der Waals surface area contributed by atoms with Gasteiger partial charge in [0.15, 0.2) is 0 Å². The second-order valence-corrected chi connectivity index (χ2v) is 3.89. The van der Waals surface area contributed by atoms with Crippen LogP contribution in [0.5, 0.6) is 0 Å². The number of halogens is 1. The normalized spacial score (nSPS) is 10.4. The minimum Gasteiger partial charge on any atom is -0.383 e. The molecule has 0 radical (unpaired) electrons. The monoisotopic (exact) mass is 216 g/mol. The summed E-state index contributed by atoms with van der Waals surface area (Å²) in [5.41, 5.74) is 9.12. The van der Waals surface area contributed by atoms with Crippen LogP contribution in [0.25, 0.3) is 11.1 Å². The molecule has 82 valence electrons. The number of benzene rings is 1. The van der Waals surface area contributed by atoms with Crippen molar-refractivity contribution in [1.82, 2.24) is 4.98 Å². The Labute approximate surface area is 93.9 Å². The average Bonchev–Trinajstić information content (AvgIpc) is 2.26. The first-order valence-corrected chi connectivity index (χ1v) is 5.06. The van der Waals surface area contributed by atoms with E-state index in [1.165, 1.54) is 6.07 Å². The van der Waals surface area contributed by atoms with Crippen LogP contribution in [0.4, 0.5) is 10.2 Å². The van der Waals surface area contributed by atoms with Gasteiger partial charge < -0.3 is 5.73 Å². The first-order chi connectivity index (χ1) is 7.58. The molecule has 1 heterocycles. The van der Waals surface area contributed by atoms with Crippen molar-refractivity contribution in [2.24, 2.45) is 0 Å². The number of aryl methyl sites for hydroxylation is 2. The number of rotatable bonds is 1. The van der Waals surface area contributed by atoms with Gasteiger partial charge in [-0.1, -0.05) is 6.07 Å². The molecule has 0 spiro atoms. The number of pyridine rings is 1. The zero-order valence-corrected chi connectivity index (χ0v) is 9.29. The van der Waals surface area contributed by atoms with Crippen LogP contribution in [0.3, 0.4) is 0 Å². The molecule has 0 aliphatic carbocycles. The summed E-state index contributed by atoms with van der Waals surface area (Å²) < 4.78 is 13.1. The lowest BCUT2D eigenvalue weighted by molar-refractivity contribution is 0.619. The van der Waals surface area contributed by atoms with E-state index in [1.807, 2.05) is 19.1 Å². The fraction of sp³-hybridized carbons (Fsp3) is 0.154. The molecule has 2 N–H and O–H groups in total. The molecule has 0 fully saturated rings. The highest BCUT2D eigenvalue weighted by atomic mass is 19.1. The largest absolute Gasteiger partial charge is 0.383 e. The summed E-state index contributed by atoms with van der Waals surface area (Å²) in [6.07, 6.45) is 1.70. The van der Waals surface area contributed by atoms with Gasteiger partial charge >= 0.3 is 0 Å². The topological polar surface area (TPSA) is 38.9 Å². The summed E-state index contributed by atoms with van der Waals surface area (Å²) in [6.45, 7) is 3.65. The number of nitrogen functional groups attached to an aromatic ring is 1. The Morgan fingerprint density at radius 1 is 1.06 bits per heavy atom. The lowest BCUT2D eigenvalue weighted by atomic mass is 10.0. The Morgan fingerprint density at radius 3 is 2.38 bits per heavy atom. The molecule has 0 atom stereocenters. The smallest absolute Gasteiger partial charge is 0.126 e. The lowest BCUT2D eigenvalue weighted by Gasteiger charge is -2.06. The molecular weight excluding hydrogens is 203 g/mol. The Hall–Kier alpha value is -1.90. The van der Waals surface area contributed by atoms with Gasteiger partial charge in [0.05, 0.1) is 0 Å². The molecule has 0 saturated carbocycles. The van der Waals surface area contributed by atoms with E-state index in [9.17, 15) is 4.39 Å². The highest BCUT2D eigenvalue weighted by Gasteiger charge is 2.03. The Bertz CT molecular complexity index is 486. The van der Waals surface area contributed by atoms with Crippen molar-refractivity contribution in [1.29, 1.82) is 0 Å². The summed E-state index contributed by atoms with van der Waals surface area (Å²) in [5.74, 6) is 0.339. The number of nitrogens with zero attached hydrogens (tertiary/aromatic N) is 1. The third kappa shape index (κ3) is 1.89. The van der Waals surface area contributed by atoms with E-state index >= 15 is 0 Å². The van der Waals surface area contributed by atoms with Crippen LogP contribution in [0.15, 0.2) is 30.5 Å². The van der Waals surface area contributed by atoms with E-state index in [-0.39, 0.29) is 5.82 Å². The van der Waals surface area contributed by atoms with Gasteiger partial charge in [-0.25, -0.2) is 9.37 Å². The van der Waals surface area contributed by atoms with Crippen molar-refractivity contribution in [3.63, 3.8) is 0 Å². The molecule has 0 saturated heterocycles. The highest BCUT2D eigenvalue weighted by Crippen LogP contribution is 2.23. The molecule has 0 aliphatic rings. The van der Waals surface area contributed by atoms with Gasteiger partial charge in [0, 0.05) is 11.8 Å². The van der Waals surface area contributed by atoms with E-state index in [1.54, 1.807) is 19.2 Å². The van der Waals surface area contributed by atoms with Crippen molar-refractivity contribution >= 4 is 5.82 Å². The minimum absolute atomic E-state index is 0.191. The van der Waals surface area contributed by atoms with Crippen LogP contribution in [0.2, 0.25) is 0 Å². The molecule has 3 heteroatoms. The summed E-state index contributed by atoms with van der Waals surface area (Å²) in [4.78, 5) is 4.09. The summed E-state index contributed by atoms with van der Waals surface area (Å²) >= 11 is 0. The van der Waals surface area contributed by atoms with Crippen LogP contribution in [-0.2, 0) is 0 Å². The summed E-state index contributed by atoms with van der Waals surface area (Å²) in [7, 11) is 0. The van der Waals surface area contributed by atoms with Crippen molar-refractivity contribution in [2.45, 2.75) is 13.8 Å². The number of aromatic nitrogens is 1. The summed E-state index contributed by atoms with van der Waals surface area (Å²) in [6, 6.07) is 6.97. The first kappa shape index (κ1) is 10.6. The van der Waals surface area contributed by atoms with Crippen LogP contribution in [0.1, 0.15) is 11.1 Å². The lowest BCUT2D eigenvalue weighted by Crippen LogP contribution is -1.94. The Balaban J connectivity index is 2.50. The minimum atomic E-state index is -0.191. The first-order valence-electron chi connectivity index (χ1n) is 5.06. The maximum atomic E-state index is 13.1. The third-order valence-corrected chi connectivity index (χ3v) is 2.61. The zero-order chi connectivity index (χ0) is 11.7. The van der Waals surface area contributed by atoms with Gasteiger partial charge in [0.2, 0.25) is 0 Å². The maximum Gasteiger partial charge on any atom is 0.126 e. The predicted molar refractivity (Wildman–Crippen MR) is 63.5 cm³/mol. The van der Waals surface area contributed by atoms with Crippen LogP contribution >= 0.6 is 0 Å². The van der Waals surface area contributed by atoms with Crippen LogP contribution in [0, 0.1) is 19.7 Å². The fourth-order valence-electron chi connectivity index (χ4n) is 1.57. The number of nitrogens with two attached hydrogens (primary N) is 1. The second-order valence-electron chi connectivity index (χ2n) is 3.89. The highest BCUT2D eigenvalue weighted by molar-refractivity contribution is 5.65. The van der Waals surface area contributed by atoms with E-state index in [2.05, 4.69) is 4.98 Å². The molecule has 0 bridgehead atoms. The van der Waals surface area contributed by atoms with Crippen LogP contribution in [-0.4, -0.2) is 4.98 Å². The molecule has 0 amide bonds. The van der Waals surface area contributed by atoms with Crippen molar-refractivity contribution < 1.29 is 4.39 Å². The van der Waals surface area contributed by atoms with Gasteiger partial charge in [0.25, 0.3) is 0 Å². The average molecular weight is 216 g/mol. The Kier molecular flexibility index (Phi) is 2.60.